The van der Waals surface area contributed by atoms with Gasteiger partial charge in [-0.25, -0.2) is 0 Å². The van der Waals surface area contributed by atoms with Crippen molar-refractivity contribution in [2.45, 2.75) is 60.0 Å². The molecule has 0 saturated heterocycles. The first-order valence-electron chi connectivity index (χ1n) is 9.36. The van der Waals surface area contributed by atoms with Gasteiger partial charge in [0.2, 0.25) is 0 Å². The SMILES string of the molecule is CCNC(=NCCn1cnnc1CC)NC(C)Cc1c(C)nn(C)c1C. The number of nitrogens with zero attached hydrogens (tertiary/aromatic N) is 6. The van der Waals surface area contributed by atoms with Crippen LogP contribution in [0, 0.1) is 13.8 Å². The van der Waals surface area contributed by atoms with E-state index in [1.54, 1.807) is 6.33 Å². The van der Waals surface area contributed by atoms with Crippen molar-refractivity contribution in [1.82, 2.24) is 35.2 Å². The molecule has 0 saturated carbocycles. The number of hydrogen-bond donors (Lipinski definition) is 2. The molecule has 1 unspecified atom stereocenters. The summed E-state index contributed by atoms with van der Waals surface area (Å²) in [6, 6.07) is 0.260. The van der Waals surface area contributed by atoms with E-state index in [4.69, 9.17) is 4.99 Å². The van der Waals surface area contributed by atoms with Crippen LogP contribution in [0.3, 0.4) is 0 Å². The third kappa shape index (κ3) is 5.06. The Balaban J connectivity index is 1.95. The Morgan fingerprint density at radius 1 is 1.31 bits per heavy atom. The molecular formula is C18H32N8. The molecule has 0 aliphatic rings. The summed E-state index contributed by atoms with van der Waals surface area (Å²) >= 11 is 0. The van der Waals surface area contributed by atoms with Gasteiger partial charge in [-0.1, -0.05) is 6.92 Å². The molecule has 144 valence electrons. The van der Waals surface area contributed by atoms with Crippen LogP contribution in [0.25, 0.3) is 0 Å². The molecule has 0 aliphatic heterocycles. The molecule has 8 nitrogen and oxygen atoms in total. The first-order chi connectivity index (χ1) is 12.5. The van der Waals surface area contributed by atoms with Gasteiger partial charge in [0, 0.05) is 38.3 Å². The predicted octanol–water partition coefficient (Wildman–Crippen LogP) is 1.38. The maximum atomic E-state index is 4.69. The number of aryl methyl sites for hydroxylation is 3. The number of hydrogen-bond acceptors (Lipinski definition) is 4. The highest BCUT2D eigenvalue weighted by atomic mass is 15.3. The average molecular weight is 361 g/mol. The lowest BCUT2D eigenvalue weighted by atomic mass is 10.1. The molecular weight excluding hydrogens is 328 g/mol. The molecule has 0 fully saturated rings. The van der Waals surface area contributed by atoms with Gasteiger partial charge in [-0.05, 0) is 39.7 Å². The Kier molecular flexibility index (Phi) is 7.17. The van der Waals surface area contributed by atoms with E-state index in [2.05, 4.69) is 65.1 Å². The molecule has 8 heteroatoms. The standard InChI is InChI=1S/C18H32N8/c1-7-17-23-21-12-26(17)10-9-20-18(19-8-2)22-13(3)11-16-14(4)24-25(6)15(16)5/h12-13H,7-11H2,1-6H3,(H2,19,20,22). The second-order valence-corrected chi connectivity index (χ2v) is 6.58. The molecule has 0 amide bonds. The van der Waals surface area contributed by atoms with E-state index >= 15 is 0 Å². The first-order valence-corrected chi connectivity index (χ1v) is 9.36. The van der Waals surface area contributed by atoms with Gasteiger partial charge >= 0.3 is 0 Å². The van der Waals surface area contributed by atoms with Crippen molar-refractivity contribution >= 4 is 5.96 Å². The molecule has 0 aromatic carbocycles. The Morgan fingerprint density at radius 3 is 2.69 bits per heavy atom. The lowest BCUT2D eigenvalue weighted by molar-refractivity contribution is 0.626. The first kappa shape index (κ1) is 19.9. The van der Waals surface area contributed by atoms with E-state index < -0.39 is 0 Å². The zero-order valence-corrected chi connectivity index (χ0v) is 16.9. The normalized spacial score (nSPS) is 13.1. The molecule has 2 aromatic rings. The van der Waals surface area contributed by atoms with Crippen LogP contribution < -0.4 is 10.6 Å². The minimum atomic E-state index is 0.260. The van der Waals surface area contributed by atoms with Gasteiger partial charge in [-0.15, -0.1) is 10.2 Å². The number of rotatable bonds is 8. The van der Waals surface area contributed by atoms with E-state index in [1.165, 1.54) is 11.3 Å². The van der Waals surface area contributed by atoms with E-state index in [-0.39, 0.29) is 6.04 Å². The second-order valence-electron chi connectivity index (χ2n) is 6.58. The summed E-state index contributed by atoms with van der Waals surface area (Å²) in [5.41, 5.74) is 3.62. The van der Waals surface area contributed by atoms with Crippen LogP contribution in [-0.4, -0.2) is 49.6 Å². The monoisotopic (exact) mass is 360 g/mol. The fourth-order valence-electron chi connectivity index (χ4n) is 3.03. The van der Waals surface area contributed by atoms with Crippen LogP contribution in [0.2, 0.25) is 0 Å². The van der Waals surface area contributed by atoms with Gasteiger partial charge < -0.3 is 15.2 Å². The summed E-state index contributed by atoms with van der Waals surface area (Å²) in [7, 11) is 1.99. The van der Waals surface area contributed by atoms with Crippen LogP contribution in [0.4, 0.5) is 0 Å². The van der Waals surface area contributed by atoms with Crippen LogP contribution >= 0.6 is 0 Å². The van der Waals surface area contributed by atoms with Crippen LogP contribution in [0.15, 0.2) is 11.3 Å². The number of nitrogens with one attached hydrogen (secondary N) is 2. The lowest BCUT2D eigenvalue weighted by Crippen LogP contribution is -2.43. The maximum Gasteiger partial charge on any atom is 0.191 e. The summed E-state index contributed by atoms with van der Waals surface area (Å²) in [5.74, 6) is 1.83. The highest BCUT2D eigenvalue weighted by Gasteiger charge is 2.14. The van der Waals surface area contributed by atoms with E-state index in [0.717, 1.165) is 43.4 Å². The molecule has 0 spiro atoms. The van der Waals surface area contributed by atoms with Crippen LogP contribution in [-0.2, 0) is 26.4 Å². The van der Waals surface area contributed by atoms with Crippen molar-refractivity contribution in [3.63, 3.8) is 0 Å². The summed E-state index contributed by atoms with van der Waals surface area (Å²) < 4.78 is 4.00. The van der Waals surface area contributed by atoms with Crippen molar-refractivity contribution < 1.29 is 0 Å². The number of aromatic nitrogens is 5. The van der Waals surface area contributed by atoms with Gasteiger partial charge in [0.25, 0.3) is 0 Å². The molecule has 2 heterocycles. The third-order valence-electron chi connectivity index (χ3n) is 4.52. The van der Waals surface area contributed by atoms with Crippen molar-refractivity contribution in [3.05, 3.63) is 29.1 Å². The van der Waals surface area contributed by atoms with Gasteiger partial charge in [-0.2, -0.15) is 5.10 Å². The molecule has 26 heavy (non-hydrogen) atoms. The molecule has 0 bridgehead atoms. The Hall–Kier alpha value is -2.38. The van der Waals surface area contributed by atoms with Crippen molar-refractivity contribution in [2.75, 3.05) is 13.1 Å². The van der Waals surface area contributed by atoms with E-state index in [0.29, 0.717) is 6.54 Å². The second kappa shape index (κ2) is 9.35. The smallest absolute Gasteiger partial charge is 0.191 e. The topological polar surface area (TPSA) is 84.9 Å². The predicted molar refractivity (Wildman–Crippen MR) is 104 cm³/mol. The summed E-state index contributed by atoms with van der Waals surface area (Å²) in [4.78, 5) is 4.69. The van der Waals surface area contributed by atoms with Gasteiger partial charge in [-0.3, -0.25) is 9.67 Å². The summed E-state index contributed by atoms with van der Waals surface area (Å²) in [5, 5.41) is 19.4. The van der Waals surface area contributed by atoms with E-state index in [9.17, 15) is 0 Å². The highest BCUT2D eigenvalue weighted by Crippen LogP contribution is 2.14. The van der Waals surface area contributed by atoms with Crippen molar-refractivity contribution in [3.8, 4) is 0 Å². The zero-order chi connectivity index (χ0) is 19.1. The third-order valence-corrected chi connectivity index (χ3v) is 4.52. The van der Waals surface area contributed by atoms with Gasteiger partial charge in [0.15, 0.2) is 5.96 Å². The maximum absolute atomic E-state index is 4.69. The molecule has 2 aromatic heterocycles. The number of guanidine groups is 1. The quantitative estimate of drug-likeness (QED) is 0.549. The van der Waals surface area contributed by atoms with Crippen LogP contribution in [0.1, 0.15) is 43.5 Å². The minimum absolute atomic E-state index is 0.260. The lowest BCUT2D eigenvalue weighted by Gasteiger charge is -2.18. The fourth-order valence-corrected chi connectivity index (χ4v) is 3.03. The molecule has 0 radical (unpaired) electrons. The summed E-state index contributed by atoms with van der Waals surface area (Å²) in [6.07, 6.45) is 3.56. The molecule has 1 atom stereocenters. The average Bonchev–Trinajstić information content (AvgIpc) is 3.14. The molecule has 2 N–H and O–H groups in total. The molecule has 0 aliphatic carbocycles. The van der Waals surface area contributed by atoms with Gasteiger partial charge in [0.1, 0.15) is 12.2 Å². The highest BCUT2D eigenvalue weighted by molar-refractivity contribution is 5.80. The minimum Gasteiger partial charge on any atom is -0.357 e. The number of aliphatic imine (C=N–C) groups is 1. The van der Waals surface area contributed by atoms with Crippen molar-refractivity contribution in [2.24, 2.45) is 12.0 Å². The fraction of sp³-hybridized carbons (Fsp3) is 0.667. The Morgan fingerprint density at radius 2 is 2.08 bits per heavy atom. The van der Waals surface area contributed by atoms with Gasteiger partial charge in [0.05, 0.1) is 12.2 Å². The largest absolute Gasteiger partial charge is 0.357 e. The summed E-state index contributed by atoms with van der Waals surface area (Å²) in [6.45, 7) is 12.8. The van der Waals surface area contributed by atoms with Crippen molar-refractivity contribution in [1.29, 1.82) is 0 Å². The Bertz CT molecular complexity index is 728. The Labute approximate surface area is 156 Å². The molecule has 2 rings (SSSR count). The van der Waals surface area contributed by atoms with Crippen LogP contribution in [0.5, 0.6) is 0 Å². The van der Waals surface area contributed by atoms with E-state index in [1.807, 2.05) is 11.7 Å². The zero-order valence-electron chi connectivity index (χ0n) is 16.9.